The summed E-state index contributed by atoms with van der Waals surface area (Å²) in [6.45, 7) is 0. The third kappa shape index (κ3) is 2.88. The third-order valence-electron chi connectivity index (χ3n) is 4.26. The average molecular weight is 364 g/mol. The van der Waals surface area contributed by atoms with E-state index in [0.717, 1.165) is 5.56 Å². The summed E-state index contributed by atoms with van der Waals surface area (Å²) in [6, 6.07) is 9.15. The number of pyridine rings is 1. The van der Waals surface area contributed by atoms with Gasteiger partial charge in [-0.3, -0.25) is 9.48 Å². The van der Waals surface area contributed by atoms with E-state index in [4.69, 9.17) is 4.74 Å². The SMILES string of the molecule is COC(=O)c1cn([C@@H](c2ccccc2)c2ncn(C)n2)cc2c(=O)[nH]nc1-2. The van der Waals surface area contributed by atoms with Crippen molar-refractivity contribution >= 4 is 5.97 Å². The highest BCUT2D eigenvalue weighted by Crippen LogP contribution is 2.28. The smallest absolute Gasteiger partial charge is 0.341 e. The van der Waals surface area contributed by atoms with Crippen LogP contribution in [-0.4, -0.2) is 42.6 Å². The molecule has 0 spiro atoms. The minimum Gasteiger partial charge on any atom is -0.465 e. The van der Waals surface area contributed by atoms with Crippen molar-refractivity contribution in [1.29, 1.82) is 0 Å². The van der Waals surface area contributed by atoms with Gasteiger partial charge in [-0.1, -0.05) is 30.3 Å². The molecule has 0 aliphatic carbocycles. The van der Waals surface area contributed by atoms with Gasteiger partial charge in [0.2, 0.25) is 0 Å². The van der Waals surface area contributed by atoms with Gasteiger partial charge in [0.25, 0.3) is 5.56 Å². The first kappa shape index (κ1) is 16.7. The summed E-state index contributed by atoms with van der Waals surface area (Å²) in [4.78, 5) is 28.8. The van der Waals surface area contributed by atoms with Gasteiger partial charge in [-0.15, -0.1) is 0 Å². The summed E-state index contributed by atoms with van der Waals surface area (Å²) < 4.78 is 8.19. The van der Waals surface area contributed by atoms with Crippen LogP contribution in [0, 0.1) is 0 Å². The molecule has 0 fully saturated rings. The highest BCUT2D eigenvalue weighted by molar-refractivity contribution is 5.96. The number of carbonyl (C=O) groups excluding carboxylic acids is 1. The Balaban J connectivity index is 1.99. The number of esters is 1. The molecule has 2 aliphatic heterocycles. The normalized spacial score (nSPS) is 12.2. The van der Waals surface area contributed by atoms with Crippen molar-refractivity contribution in [3.8, 4) is 11.3 Å². The molecule has 1 aromatic carbocycles. The molecule has 0 amide bonds. The van der Waals surface area contributed by atoms with Gasteiger partial charge in [0, 0.05) is 19.4 Å². The van der Waals surface area contributed by atoms with Gasteiger partial charge in [-0.05, 0) is 5.56 Å². The van der Waals surface area contributed by atoms with Crippen LogP contribution in [0.5, 0.6) is 0 Å². The first-order chi connectivity index (χ1) is 13.1. The number of H-pyrrole nitrogens is 1. The number of benzene rings is 1. The molecule has 136 valence electrons. The molecule has 4 rings (SSSR count). The van der Waals surface area contributed by atoms with Crippen molar-refractivity contribution in [2.24, 2.45) is 7.05 Å². The number of methoxy groups -OCH3 is 1. The minimum atomic E-state index is -0.582. The van der Waals surface area contributed by atoms with E-state index in [1.54, 1.807) is 35.0 Å². The summed E-state index contributed by atoms with van der Waals surface area (Å²) in [6.07, 6.45) is 4.84. The zero-order valence-corrected chi connectivity index (χ0v) is 14.7. The van der Waals surface area contributed by atoms with Crippen molar-refractivity contribution in [2.75, 3.05) is 7.11 Å². The average Bonchev–Trinajstić information content (AvgIpc) is 3.28. The van der Waals surface area contributed by atoms with E-state index in [1.165, 1.54) is 7.11 Å². The number of rotatable bonds is 4. The van der Waals surface area contributed by atoms with Crippen molar-refractivity contribution < 1.29 is 9.53 Å². The molecule has 0 unspecified atom stereocenters. The second-order valence-electron chi connectivity index (χ2n) is 6.02. The van der Waals surface area contributed by atoms with Gasteiger partial charge in [0.15, 0.2) is 5.82 Å². The fourth-order valence-electron chi connectivity index (χ4n) is 3.04. The number of ether oxygens (including phenoxy) is 1. The lowest BCUT2D eigenvalue weighted by molar-refractivity contribution is 0.0600. The number of carbonyl (C=O) groups is 1. The third-order valence-corrected chi connectivity index (χ3v) is 4.26. The summed E-state index contributed by atoms with van der Waals surface area (Å²) in [7, 11) is 3.06. The van der Waals surface area contributed by atoms with E-state index < -0.39 is 12.0 Å². The Morgan fingerprint density at radius 1 is 1.22 bits per heavy atom. The van der Waals surface area contributed by atoms with Crippen molar-refractivity contribution in [2.45, 2.75) is 6.04 Å². The zero-order chi connectivity index (χ0) is 19.0. The molecule has 0 radical (unpaired) electrons. The van der Waals surface area contributed by atoms with Gasteiger partial charge >= 0.3 is 5.97 Å². The predicted molar refractivity (Wildman–Crippen MR) is 95.5 cm³/mol. The number of hydrogen-bond acceptors (Lipinski definition) is 6. The first-order valence-electron chi connectivity index (χ1n) is 8.17. The molecule has 1 aromatic heterocycles. The Hall–Kier alpha value is -3.75. The largest absolute Gasteiger partial charge is 0.465 e. The Morgan fingerprint density at radius 2 is 2.00 bits per heavy atom. The molecular weight excluding hydrogens is 348 g/mol. The van der Waals surface area contributed by atoms with Crippen LogP contribution in [0.1, 0.15) is 27.8 Å². The standard InChI is InChI=1S/C18H16N6O3/c1-23-10-19-16(22-23)15(11-6-4-3-5-7-11)24-8-12-14(20-21-17(12)25)13(9-24)18(26)27-2/h3-10,15H,1-2H3,(H,21,25)/t15-/m0/s1. The van der Waals surface area contributed by atoms with E-state index in [1.807, 2.05) is 30.3 Å². The fraction of sp³-hybridized carbons (Fsp3) is 0.167. The fourth-order valence-corrected chi connectivity index (χ4v) is 3.04. The second kappa shape index (κ2) is 6.52. The summed E-state index contributed by atoms with van der Waals surface area (Å²) >= 11 is 0. The van der Waals surface area contributed by atoms with Gasteiger partial charge in [-0.2, -0.15) is 10.2 Å². The molecule has 27 heavy (non-hydrogen) atoms. The highest BCUT2D eigenvalue weighted by Gasteiger charge is 2.26. The molecule has 0 saturated heterocycles. The maximum Gasteiger partial charge on any atom is 0.341 e. The molecule has 1 N–H and O–H groups in total. The highest BCUT2D eigenvalue weighted by atomic mass is 16.5. The number of nitrogens with zero attached hydrogens (tertiary/aromatic N) is 5. The lowest BCUT2D eigenvalue weighted by Crippen LogP contribution is -2.18. The monoisotopic (exact) mass is 364 g/mol. The maximum atomic E-state index is 12.3. The molecule has 9 nitrogen and oxygen atoms in total. The van der Waals surface area contributed by atoms with E-state index in [9.17, 15) is 9.59 Å². The van der Waals surface area contributed by atoms with Gasteiger partial charge < -0.3 is 9.30 Å². The molecule has 1 atom stereocenters. The van der Waals surface area contributed by atoms with Crippen LogP contribution < -0.4 is 5.56 Å². The second-order valence-corrected chi connectivity index (χ2v) is 6.02. The Labute approximate surface area is 153 Å². The minimum absolute atomic E-state index is 0.185. The molecule has 2 aromatic rings. The van der Waals surface area contributed by atoms with Gasteiger partial charge in [-0.25, -0.2) is 14.9 Å². The number of fused-ring (bicyclic) bond motifs is 1. The van der Waals surface area contributed by atoms with E-state index >= 15 is 0 Å². The van der Waals surface area contributed by atoms with Crippen molar-refractivity contribution in [3.63, 3.8) is 0 Å². The number of nitrogens with one attached hydrogen (secondary N) is 1. The molecular formula is C18H16N6O3. The summed E-state index contributed by atoms with van der Waals surface area (Å²) in [5.41, 5.74) is 1.26. The molecule has 3 heterocycles. The van der Waals surface area contributed by atoms with Crippen LogP contribution in [-0.2, 0) is 11.8 Å². The van der Waals surface area contributed by atoms with Crippen LogP contribution in [0.25, 0.3) is 11.3 Å². The Morgan fingerprint density at radius 3 is 2.67 bits per heavy atom. The molecule has 2 aliphatic rings. The van der Waals surface area contributed by atoms with Crippen molar-refractivity contribution in [3.05, 3.63) is 76.4 Å². The zero-order valence-electron chi connectivity index (χ0n) is 14.7. The molecule has 0 bridgehead atoms. The quantitative estimate of drug-likeness (QED) is 0.546. The van der Waals surface area contributed by atoms with Crippen LogP contribution in [0.15, 0.2) is 53.8 Å². The Kier molecular flexibility index (Phi) is 4.03. The topological polar surface area (TPSA) is 108 Å². The van der Waals surface area contributed by atoms with Crippen LogP contribution in [0.3, 0.4) is 0 Å². The first-order valence-corrected chi connectivity index (χ1v) is 8.17. The predicted octanol–water partition coefficient (Wildman–Crippen LogP) is 1.23. The summed E-state index contributed by atoms with van der Waals surface area (Å²) in [5, 5.41) is 10.7. The van der Waals surface area contributed by atoms with Crippen LogP contribution in [0.4, 0.5) is 0 Å². The number of aromatic nitrogens is 6. The number of aryl methyl sites for hydroxylation is 1. The van der Waals surface area contributed by atoms with Crippen LogP contribution in [0.2, 0.25) is 0 Å². The van der Waals surface area contributed by atoms with Crippen molar-refractivity contribution in [1.82, 2.24) is 29.5 Å². The molecule has 9 heteroatoms. The van der Waals surface area contributed by atoms with Gasteiger partial charge in [0.05, 0.1) is 12.7 Å². The van der Waals surface area contributed by atoms with Crippen LogP contribution >= 0.6 is 0 Å². The van der Waals surface area contributed by atoms with Gasteiger partial charge in [0.1, 0.15) is 23.6 Å². The van der Waals surface area contributed by atoms with E-state index in [-0.39, 0.29) is 22.4 Å². The number of aromatic amines is 1. The maximum absolute atomic E-state index is 12.3. The lowest BCUT2D eigenvalue weighted by atomic mass is 10.0. The number of hydrogen-bond donors (Lipinski definition) is 1. The van der Waals surface area contributed by atoms with E-state index in [2.05, 4.69) is 20.3 Å². The lowest BCUT2D eigenvalue weighted by Gasteiger charge is -2.20. The van der Waals surface area contributed by atoms with E-state index in [0.29, 0.717) is 5.82 Å². The summed E-state index contributed by atoms with van der Waals surface area (Å²) in [5.74, 6) is -0.0542. The molecule has 0 saturated carbocycles. The Bertz CT molecular complexity index is 1130.